The maximum absolute atomic E-state index is 5.70. The molecule has 1 saturated heterocycles. The van der Waals surface area contributed by atoms with Crippen LogP contribution in [0.2, 0.25) is 6.04 Å². The first-order valence-electron chi connectivity index (χ1n) is 3.70. The fourth-order valence-electron chi connectivity index (χ4n) is 0.755. The zero-order chi connectivity index (χ0) is 8.27. The molecular weight excluding hydrogens is 203 g/mol. The van der Waals surface area contributed by atoms with E-state index in [1.807, 2.05) is 6.92 Å². The average Bonchev–Trinajstić information content (AvgIpc) is 2.63. The SMILES string of the molecule is CC(C[SiH](Cl)Cl)OCC1CO1. The van der Waals surface area contributed by atoms with Crippen LogP contribution in [0, 0.1) is 0 Å². The molecule has 0 saturated carbocycles. The summed E-state index contributed by atoms with van der Waals surface area (Å²) in [6.45, 7) is 3.53. The van der Waals surface area contributed by atoms with Crippen LogP contribution in [0.15, 0.2) is 0 Å². The molecule has 66 valence electrons. The van der Waals surface area contributed by atoms with Crippen molar-refractivity contribution in [2.75, 3.05) is 13.2 Å². The Kier molecular flexibility index (Phi) is 4.16. The minimum absolute atomic E-state index is 0.186. The van der Waals surface area contributed by atoms with Crippen LogP contribution in [0.25, 0.3) is 0 Å². The van der Waals surface area contributed by atoms with Gasteiger partial charge >= 0.3 is 0 Å². The number of hydrogen-bond acceptors (Lipinski definition) is 2. The van der Waals surface area contributed by atoms with E-state index in [9.17, 15) is 0 Å². The largest absolute Gasteiger partial charge is 0.376 e. The summed E-state index contributed by atoms with van der Waals surface area (Å²) in [5.74, 6) is 0. The molecule has 2 atom stereocenters. The van der Waals surface area contributed by atoms with Crippen LogP contribution in [0.4, 0.5) is 0 Å². The third kappa shape index (κ3) is 5.04. The Morgan fingerprint density at radius 3 is 2.82 bits per heavy atom. The Morgan fingerprint density at radius 1 is 1.73 bits per heavy atom. The maximum Gasteiger partial charge on any atom is 0.239 e. The van der Waals surface area contributed by atoms with E-state index >= 15 is 0 Å². The number of epoxide rings is 1. The summed E-state index contributed by atoms with van der Waals surface area (Å²) in [6, 6.07) is 0.815. The molecule has 5 heteroatoms. The van der Waals surface area contributed by atoms with Crippen molar-refractivity contribution in [3.63, 3.8) is 0 Å². The van der Waals surface area contributed by atoms with E-state index in [-0.39, 0.29) is 6.10 Å². The summed E-state index contributed by atoms with van der Waals surface area (Å²) in [4.78, 5) is 0. The van der Waals surface area contributed by atoms with Gasteiger partial charge in [0.05, 0.1) is 19.3 Å². The van der Waals surface area contributed by atoms with Crippen molar-refractivity contribution in [2.24, 2.45) is 0 Å². The molecule has 1 heterocycles. The van der Waals surface area contributed by atoms with Gasteiger partial charge in [-0.05, 0) is 13.0 Å². The van der Waals surface area contributed by atoms with Crippen molar-refractivity contribution in [1.29, 1.82) is 0 Å². The summed E-state index contributed by atoms with van der Waals surface area (Å²) < 4.78 is 10.4. The molecule has 1 aliphatic rings. The van der Waals surface area contributed by atoms with Gasteiger partial charge in [0.25, 0.3) is 0 Å². The van der Waals surface area contributed by atoms with E-state index in [0.717, 1.165) is 12.7 Å². The molecule has 0 aromatic carbocycles. The zero-order valence-electron chi connectivity index (χ0n) is 6.43. The second kappa shape index (κ2) is 4.67. The minimum Gasteiger partial charge on any atom is -0.376 e. The van der Waals surface area contributed by atoms with Crippen LogP contribution in [0.3, 0.4) is 0 Å². The van der Waals surface area contributed by atoms with Gasteiger partial charge in [0, 0.05) is 0 Å². The Hall–Kier alpha value is 0.717. The van der Waals surface area contributed by atoms with E-state index in [1.54, 1.807) is 0 Å². The molecule has 0 aliphatic carbocycles. The quantitative estimate of drug-likeness (QED) is 0.393. The van der Waals surface area contributed by atoms with Gasteiger partial charge in [-0.1, -0.05) is 0 Å². The highest BCUT2D eigenvalue weighted by Gasteiger charge is 2.23. The van der Waals surface area contributed by atoms with Gasteiger partial charge in [0.2, 0.25) is 7.42 Å². The molecular formula is C6H12Cl2O2Si. The smallest absolute Gasteiger partial charge is 0.239 e. The van der Waals surface area contributed by atoms with E-state index in [1.165, 1.54) is 0 Å². The first-order valence-corrected chi connectivity index (χ1v) is 8.00. The van der Waals surface area contributed by atoms with Gasteiger partial charge in [-0.2, -0.15) is 22.2 Å². The van der Waals surface area contributed by atoms with Crippen molar-refractivity contribution in [2.45, 2.75) is 25.2 Å². The second-order valence-corrected chi connectivity index (χ2v) is 7.81. The van der Waals surface area contributed by atoms with Gasteiger partial charge in [0.15, 0.2) is 0 Å². The zero-order valence-corrected chi connectivity index (χ0v) is 9.09. The molecule has 0 aromatic rings. The predicted molar refractivity (Wildman–Crippen MR) is 48.8 cm³/mol. The fourth-order valence-corrected chi connectivity index (χ4v) is 2.90. The number of hydrogen-bond donors (Lipinski definition) is 0. The molecule has 2 unspecified atom stereocenters. The van der Waals surface area contributed by atoms with Crippen LogP contribution in [0.5, 0.6) is 0 Å². The van der Waals surface area contributed by atoms with Crippen LogP contribution >= 0.6 is 22.2 Å². The highest BCUT2D eigenvalue weighted by Crippen LogP contribution is 2.13. The van der Waals surface area contributed by atoms with Gasteiger partial charge in [0.1, 0.15) is 6.10 Å². The van der Waals surface area contributed by atoms with Gasteiger partial charge < -0.3 is 9.47 Å². The molecule has 1 rings (SSSR count). The first kappa shape index (κ1) is 9.80. The molecule has 11 heavy (non-hydrogen) atoms. The summed E-state index contributed by atoms with van der Waals surface area (Å²) in [5.41, 5.74) is 0. The molecule has 0 bridgehead atoms. The third-order valence-electron chi connectivity index (χ3n) is 1.48. The third-order valence-corrected chi connectivity index (χ3v) is 3.57. The molecule has 0 aromatic heterocycles. The van der Waals surface area contributed by atoms with Gasteiger partial charge in [-0.3, -0.25) is 0 Å². The fraction of sp³-hybridized carbons (Fsp3) is 1.00. The molecule has 1 aliphatic heterocycles. The number of rotatable bonds is 5. The standard InChI is InChI=1S/C6H12Cl2O2Si/c1-5(4-11(7)8)9-2-6-3-10-6/h5-6,11H,2-4H2,1H3. The lowest BCUT2D eigenvalue weighted by molar-refractivity contribution is 0.0663. The normalized spacial score (nSPS) is 25.6. The summed E-state index contributed by atoms with van der Waals surface area (Å²) in [7, 11) is -1.49. The lowest BCUT2D eigenvalue weighted by Crippen LogP contribution is -2.15. The minimum atomic E-state index is -1.49. The summed E-state index contributed by atoms with van der Waals surface area (Å²) in [6.07, 6.45) is 0.522. The molecule has 2 nitrogen and oxygen atoms in total. The Balaban J connectivity index is 1.95. The van der Waals surface area contributed by atoms with E-state index in [4.69, 9.17) is 31.6 Å². The van der Waals surface area contributed by atoms with Crippen LogP contribution in [-0.4, -0.2) is 32.8 Å². The van der Waals surface area contributed by atoms with Crippen LogP contribution in [0.1, 0.15) is 6.92 Å². The van der Waals surface area contributed by atoms with E-state index in [0.29, 0.717) is 12.7 Å². The Labute approximate surface area is 77.8 Å². The topological polar surface area (TPSA) is 21.8 Å². The first-order chi connectivity index (χ1) is 5.18. The Morgan fingerprint density at radius 2 is 2.36 bits per heavy atom. The Bertz CT molecular complexity index is 119. The lowest BCUT2D eigenvalue weighted by Gasteiger charge is -2.10. The van der Waals surface area contributed by atoms with Gasteiger partial charge in [-0.15, -0.1) is 0 Å². The maximum atomic E-state index is 5.70. The van der Waals surface area contributed by atoms with E-state index in [2.05, 4.69) is 0 Å². The monoisotopic (exact) mass is 214 g/mol. The number of halogens is 2. The predicted octanol–water partition coefficient (Wildman–Crippen LogP) is 1.49. The summed E-state index contributed by atoms with van der Waals surface area (Å²) in [5, 5.41) is 0. The van der Waals surface area contributed by atoms with Crippen molar-refractivity contribution < 1.29 is 9.47 Å². The molecule has 0 spiro atoms. The highest BCUT2D eigenvalue weighted by atomic mass is 35.7. The molecule has 0 radical (unpaired) electrons. The molecule has 1 fully saturated rings. The van der Waals surface area contributed by atoms with Gasteiger partial charge in [-0.25, -0.2) is 0 Å². The van der Waals surface area contributed by atoms with Crippen molar-refractivity contribution in [1.82, 2.24) is 0 Å². The second-order valence-electron chi connectivity index (χ2n) is 2.73. The van der Waals surface area contributed by atoms with Crippen molar-refractivity contribution in [3.8, 4) is 0 Å². The summed E-state index contributed by atoms with van der Waals surface area (Å²) >= 11 is 11.4. The average molecular weight is 215 g/mol. The van der Waals surface area contributed by atoms with E-state index < -0.39 is 7.42 Å². The number of ether oxygens (including phenoxy) is 2. The van der Waals surface area contributed by atoms with Crippen molar-refractivity contribution in [3.05, 3.63) is 0 Å². The molecule has 0 amide bonds. The van der Waals surface area contributed by atoms with Crippen LogP contribution in [-0.2, 0) is 9.47 Å². The molecule has 0 N–H and O–H groups in total. The van der Waals surface area contributed by atoms with Crippen molar-refractivity contribution >= 4 is 29.6 Å². The highest BCUT2D eigenvalue weighted by molar-refractivity contribution is 7.33. The van der Waals surface area contributed by atoms with Crippen LogP contribution < -0.4 is 0 Å². The lowest BCUT2D eigenvalue weighted by atomic mass is 10.4.